The normalized spacial score (nSPS) is 10.7. The van der Waals surface area contributed by atoms with Crippen molar-refractivity contribution in [2.75, 3.05) is 16.4 Å². The molecule has 31 heavy (non-hydrogen) atoms. The summed E-state index contributed by atoms with van der Waals surface area (Å²) in [6, 6.07) is 13.5. The van der Waals surface area contributed by atoms with Crippen LogP contribution in [0.2, 0.25) is 0 Å². The van der Waals surface area contributed by atoms with Gasteiger partial charge in [0.1, 0.15) is 5.82 Å². The molecule has 2 amide bonds. The Kier molecular flexibility index (Phi) is 7.46. The van der Waals surface area contributed by atoms with Gasteiger partial charge in [0, 0.05) is 31.3 Å². The van der Waals surface area contributed by atoms with Crippen molar-refractivity contribution in [3.05, 3.63) is 65.0 Å². The molecule has 0 unspecified atom stereocenters. The highest BCUT2D eigenvalue weighted by molar-refractivity contribution is 7.99. The zero-order valence-electron chi connectivity index (χ0n) is 18.2. The van der Waals surface area contributed by atoms with Crippen LogP contribution in [0.1, 0.15) is 28.9 Å². The molecule has 0 aliphatic heterocycles. The monoisotopic (exact) mass is 437 g/mol. The predicted molar refractivity (Wildman–Crippen MR) is 124 cm³/mol. The Morgan fingerprint density at radius 2 is 1.65 bits per heavy atom. The van der Waals surface area contributed by atoms with E-state index in [9.17, 15) is 9.59 Å². The summed E-state index contributed by atoms with van der Waals surface area (Å²) in [6.07, 6.45) is 0.772. The standard InChI is InChI=1S/C23H27N5O2S/c1-15-12-16(2)22(17(3)13-15)25-21(30)14-31-23-27-26-19(28(23)4)10-11-20(29)24-18-8-6-5-7-9-18/h5-9,12-13H,10-11,14H2,1-4H3,(H,24,29)(H,25,30). The molecule has 1 aromatic heterocycles. The van der Waals surface area contributed by atoms with Crippen molar-refractivity contribution >= 4 is 35.0 Å². The van der Waals surface area contributed by atoms with E-state index in [1.807, 2.05) is 62.7 Å². The van der Waals surface area contributed by atoms with Crippen molar-refractivity contribution in [2.24, 2.45) is 7.05 Å². The third-order valence-electron chi connectivity index (χ3n) is 4.83. The fraction of sp³-hybridized carbons (Fsp3) is 0.304. The highest BCUT2D eigenvalue weighted by atomic mass is 32.2. The number of hydrogen-bond donors (Lipinski definition) is 2. The topological polar surface area (TPSA) is 88.9 Å². The molecule has 0 atom stereocenters. The van der Waals surface area contributed by atoms with Gasteiger partial charge in [-0.1, -0.05) is 47.7 Å². The molecule has 3 rings (SSSR count). The van der Waals surface area contributed by atoms with E-state index >= 15 is 0 Å². The van der Waals surface area contributed by atoms with Gasteiger partial charge in [-0.25, -0.2) is 0 Å². The summed E-state index contributed by atoms with van der Waals surface area (Å²) in [5.74, 6) is 0.766. The highest BCUT2D eigenvalue weighted by Gasteiger charge is 2.14. The molecule has 0 saturated heterocycles. The van der Waals surface area contributed by atoms with Crippen LogP contribution in [0.4, 0.5) is 11.4 Å². The summed E-state index contributed by atoms with van der Waals surface area (Å²) in [7, 11) is 1.85. The second-order valence-electron chi connectivity index (χ2n) is 7.48. The number of hydrogen-bond acceptors (Lipinski definition) is 5. The first-order chi connectivity index (χ1) is 14.8. The molecule has 0 aliphatic rings. The summed E-state index contributed by atoms with van der Waals surface area (Å²) in [5.41, 5.74) is 4.90. The minimum Gasteiger partial charge on any atom is -0.326 e. The minimum atomic E-state index is -0.0909. The lowest BCUT2D eigenvalue weighted by atomic mass is 10.1. The van der Waals surface area contributed by atoms with E-state index in [-0.39, 0.29) is 17.6 Å². The first-order valence-electron chi connectivity index (χ1n) is 10.1. The average molecular weight is 438 g/mol. The number of amides is 2. The Bertz CT molecular complexity index is 1060. The molecule has 0 radical (unpaired) electrons. The maximum absolute atomic E-state index is 12.4. The number of benzene rings is 2. The SMILES string of the molecule is Cc1cc(C)c(NC(=O)CSc2nnc(CCC(=O)Nc3ccccc3)n2C)c(C)c1. The second-order valence-corrected chi connectivity index (χ2v) is 8.43. The van der Waals surface area contributed by atoms with Gasteiger partial charge in [0.25, 0.3) is 0 Å². The molecule has 1 heterocycles. The maximum atomic E-state index is 12.4. The van der Waals surface area contributed by atoms with E-state index in [4.69, 9.17) is 0 Å². The minimum absolute atomic E-state index is 0.0772. The molecule has 162 valence electrons. The second kappa shape index (κ2) is 10.3. The van der Waals surface area contributed by atoms with E-state index in [1.54, 1.807) is 0 Å². The van der Waals surface area contributed by atoms with Gasteiger partial charge in [-0.3, -0.25) is 9.59 Å². The van der Waals surface area contributed by atoms with Crippen molar-refractivity contribution in [3.63, 3.8) is 0 Å². The van der Waals surface area contributed by atoms with E-state index in [0.29, 0.717) is 23.8 Å². The Morgan fingerprint density at radius 3 is 2.32 bits per heavy atom. The van der Waals surface area contributed by atoms with Gasteiger partial charge in [-0.2, -0.15) is 0 Å². The molecular formula is C23H27N5O2S. The number of thioether (sulfide) groups is 1. The lowest BCUT2D eigenvalue weighted by Crippen LogP contribution is -2.16. The van der Waals surface area contributed by atoms with Gasteiger partial charge in [0.15, 0.2) is 5.16 Å². The average Bonchev–Trinajstić information content (AvgIpc) is 3.08. The zero-order chi connectivity index (χ0) is 22.4. The predicted octanol–water partition coefficient (Wildman–Crippen LogP) is 4.04. The summed E-state index contributed by atoms with van der Waals surface area (Å²) in [6.45, 7) is 6.02. The number of aryl methyl sites for hydroxylation is 4. The molecule has 3 aromatic rings. The van der Waals surface area contributed by atoms with E-state index in [1.165, 1.54) is 17.3 Å². The molecule has 8 heteroatoms. The number of nitrogens with zero attached hydrogens (tertiary/aromatic N) is 3. The summed E-state index contributed by atoms with van der Waals surface area (Å²) >= 11 is 1.32. The third-order valence-corrected chi connectivity index (χ3v) is 5.85. The van der Waals surface area contributed by atoms with Gasteiger partial charge in [0.2, 0.25) is 11.8 Å². The van der Waals surface area contributed by atoms with Crippen LogP contribution in [0, 0.1) is 20.8 Å². The van der Waals surface area contributed by atoms with Crippen molar-refractivity contribution in [2.45, 2.75) is 38.8 Å². The Hall–Kier alpha value is -3.13. The van der Waals surface area contributed by atoms with Crippen LogP contribution >= 0.6 is 11.8 Å². The highest BCUT2D eigenvalue weighted by Crippen LogP contribution is 2.23. The number of aromatic nitrogens is 3. The Labute approximate surface area is 186 Å². The number of anilines is 2. The molecule has 0 bridgehead atoms. The fourth-order valence-electron chi connectivity index (χ4n) is 3.34. The van der Waals surface area contributed by atoms with Crippen LogP contribution in [-0.2, 0) is 23.1 Å². The quantitative estimate of drug-likeness (QED) is 0.519. The zero-order valence-corrected chi connectivity index (χ0v) is 19.0. The molecule has 0 aliphatic carbocycles. The largest absolute Gasteiger partial charge is 0.326 e. The van der Waals surface area contributed by atoms with Gasteiger partial charge < -0.3 is 15.2 Å². The number of carbonyl (C=O) groups is 2. The first kappa shape index (κ1) is 22.6. The lowest BCUT2D eigenvalue weighted by Gasteiger charge is -2.12. The third kappa shape index (κ3) is 6.18. The van der Waals surface area contributed by atoms with Crippen molar-refractivity contribution < 1.29 is 9.59 Å². The Balaban J connectivity index is 1.51. The van der Waals surface area contributed by atoms with Crippen LogP contribution in [0.3, 0.4) is 0 Å². The molecule has 0 fully saturated rings. The van der Waals surface area contributed by atoms with Crippen molar-refractivity contribution in [1.29, 1.82) is 0 Å². The molecule has 2 N–H and O–H groups in total. The van der Waals surface area contributed by atoms with Crippen molar-refractivity contribution in [1.82, 2.24) is 14.8 Å². The van der Waals surface area contributed by atoms with Gasteiger partial charge in [-0.15, -0.1) is 10.2 Å². The lowest BCUT2D eigenvalue weighted by molar-refractivity contribution is -0.116. The number of rotatable bonds is 8. The first-order valence-corrected chi connectivity index (χ1v) is 11.1. The van der Waals surface area contributed by atoms with Crippen molar-refractivity contribution in [3.8, 4) is 0 Å². The maximum Gasteiger partial charge on any atom is 0.234 e. The van der Waals surface area contributed by atoms with Crippen LogP contribution in [0.15, 0.2) is 47.6 Å². The van der Waals surface area contributed by atoms with E-state index in [2.05, 4.69) is 33.0 Å². The van der Waals surface area contributed by atoms with Crippen LogP contribution in [0.25, 0.3) is 0 Å². The smallest absolute Gasteiger partial charge is 0.234 e. The van der Waals surface area contributed by atoms with Crippen LogP contribution in [-0.4, -0.2) is 32.3 Å². The van der Waals surface area contributed by atoms with E-state index < -0.39 is 0 Å². The number of nitrogens with one attached hydrogen (secondary N) is 2. The van der Waals surface area contributed by atoms with E-state index in [0.717, 1.165) is 22.5 Å². The molecule has 0 saturated carbocycles. The summed E-state index contributed by atoms with van der Waals surface area (Å²) in [5, 5.41) is 14.8. The summed E-state index contributed by atoms with van der Waals surface area (Å²) < 4.78 is 1.83. The van der Waals surface area contributed by atoms with Gasteiger partial charge in [0.05, 0.1) is 5.75 Å². The van der Waals surface area contributed by atoms with Crippen LogP contribution < -0.4 is 10.6 Å². The molecule has 0 spiro atoms. The van der Waals surface area contributed by atoms with Gasteiger partial charge in [-0.05, 0) is 44.0 Å². The number of para-hydroxylation sites is 1. The molecular weight excluding hydrogens is 410 g/mol. The molecule has 7 nitrogen and oxygen atoms in total. The summed E-state index contributed by atoms with van der Waals surface area (Å²) in [4.78, 5) is 24.6. The van der Waals surface area contributed by atoms with Crippen LogP contribution in [0.5, 0.6) is 0 Å². The Morgan fingerprint density at radius 1 is 0.968 bits per heavy atom. The molecule has 2 aromatic carbocycles. The van der Waals surface area contributed by atoms with Gasteiger partial charge >= 0.3 is 0 Å². The number of carbonyl (C=O) groups excluding carboxylic acids is 2. The fourth-order valence-corrected chi connectivity index (χ4v) is 4.07.